The summed E-state index contributed by atoms with van der Waals surface area (Å²) in [6.07, 6.45) is 3.50. The molecule has 2 rings (SSSR count). The van der Waals surface area contributed by atoms with Gasteiger partial charge in [0, 0.05) is 12.7 Å². The molecule has 0 radical (unpaired) electrons. The first-order valence-corrected chi connectivity index (χ1v) is 6.36. The molecule has 18 heavy (non-hydrogen) atoms. The third-order valence-electron chi connectivity index (χ3n) is 2.93. The number of rotatable bonds is 4. The number of nitrogens with zero attached hydrogens (tertiary/aromatic N) is 3. The van der Waals surface area contributed by atoms with Gasteiger partial charge in [-0.2, -0.15) is 5.10 Å². The van der Waals surface area contributed by atoms with Gasteiger partial charge in [0.05, 0.1) is 28.6 Å². The molecule has 0 bridgehead atoms. The fourth-order valence-electron chi connectivity index (χ4n) is 2.05. The molecule has 2 aromatic heterocycles. The quantitative estimate of drug-likeness (QED) is 0.923. The lowest BCUT2D eigenvalue weighted by Crippen LogP contribution is -2.22. The van der Waals surface area contributed by atoms with Crippen LogP contribution in [0.25, 0.3) is 0 Å². The largest absolute Gasteiger partial charge is 0.307 e. The van der Waals surface area contributed by atoms with E-state index in [0.717, 1.165) is 17.9 Å². The second-order valence-corrected chi connectivity index (χ2v) is 4.58. The molecule has 1 unspecified atom stereocenters. The molecule has 0 saturated heterocycles. The van der Waals surface area contributed by atoms with E-state index in [1.807, 2.05) is 30.9 Å². The van der Waals surface area contributed by atoms with Gasteiger partial charge in [-0.3, -0.25) is 9.67 Å². The maximum absolute atomic E-state index is 6.24. The summed E-state index contributed by atoms with van der Waals surface area (Å²) in [5.74, 6) is 0. The first kappa shape index (κ1) is 13.1. The van der Waals surface area contributed by atoms with Crippen LogP contribution < -0.4 is 5.32 Å². The number of hydrogen-bond acceptors (Lipinski definition) is 3. The fourth-order valence-corrected chi connectivity index (χ4v) is 2.30. The van der Waals surface area contributed by atoms with E-state index in [9.17, 15) is 0 Å². The van der Waals surface area contributed by atoms with Crippen LogP contribution in [0.4, 0.5) is 0 Å². The molecule has 5 heteroatoms. The van der Waals surface area contributed by atoms with Crippen LogP contribution in [-0.2, 0) is 6.54 Å². The van der Waals surface area contributed by atoms with E-state index in [1.54, 1.807) is 6.20 Å². The maximum atomic E-state index is 6.24. The van der Waals surface area contributed by atoms with Crippen LogP contribution in [0, 0.1) is 6.92 Å². The summed E-state index contributed by atoms with van der Waals surface area (Å²) in [6.45, 7) is 4.88. The smallest absolute Gasteiger partial charge is 0.0934 e. The zero-order chi connectivity index (χ0) is 13.1. The Hall–Kier alpha value is -1.39. The van der Waals surface area contributed by atoms with Crippen molar-refractivity contribution in [3.05, 3.63) is 46.5 Å². The molecule has 0 aromatic carbocycles. The summed E-state index contributed by atoms with van der Waals surface area (Å²) >= 11 is 6.24. The van der Waals surface area contributed by atoms with Crippen molar-refractivity contribution in [3.63, 3.8) is 0 Å². The minimum atomic E-state index is -0.0418. The topological polar surface area (TPSA) is 42.7 Å². The van der Waals surface area contributed by atoms with Gasteiger partial charge in [0.1, 0.15) is 0 Å². The molecule has 0 spiro atoms. The average Bonchev–Trinajstić information content (AvgIpc) is 2.72. The third-order valence-corrected chi connectivity index (χ3v) is 3.22. The van der Waals surface area contributed by atoms with Gasteiger partial charge in [0.2, 0.25) is 0 Å². The standard InChI is InChI=1S/C13H17ClN4/c1-4-18-13(10(14)8-17-18)12(15-3)11-7-9(2)5-6-16-11/h5-8,12,15H,4H2,1-3H3. The molecule has 2 aromatic rings. The summed E-state index contributed by atoms with van der Waals surface area (Å²) < 4.78 is 1.90. The first-order valence-electron chi connectivity index (χ1n) is 5.98. The molecule has 2 heterocycles. The maximum Gasteiger partial charge on any atom is 0.0934 e. The van der Waals surface area contributed by atoms with E-state index in [0.29, 0.717) is 5.02 Å². The van der Waals surface area contributed by atoms with Crippen LogP contribution in [0.15, 0.2) is 24.5 Å². The van der Waals surface area contributed by atoms with Crippen molar-refractivity contribution >= 4 is 11.6 Å². The fraction of sp³-hybridized carbons (Fsp3) is 0.385. The van der Waals surface area contributed by atoms with Crippen molar-refractivity contribution in [2.75, 3.05) is 7.05 Å². The zero-order valence-corrected chi connectivity index (χ0v) is 11.6. The predicted octanol–water partition coefficient (Wildman–Crippen LogP) is 2.57. The second kappa shape index (κ2) is 5.50. The molecule has 0 aliphatic rings. The molecule has 96 valence electrons. The number of halogens is 1. The molecule has 1 N–H and O–H groups in total. The van der Waals surface area contributed by atoms with Gasteiger partial charge < -0.3 is 5.32 Å². The Morgan fingerprint density at radius 3 is 2.89 bits per heavy atom. The van der Waals surface area contributed by atoms with Crippen molar-refractivity contribution in [1.82, 2.24) is 20.1 Å². The van der Waals surface area contributed by atoms with Crippen molar-refractivity contribution in [3.8, 4) is 0 Å². The van der Waals surface area contributed by atoms with Gasteiger partial charge >= 0.3 is 0 Å². The van der Waals surface area contributed by atoms with Gasteiger partial charge in [-0.1, -0.05) is 11.6 Å². The Labute approximate surface area is 112 Å². The number of aromatic nitrogens is 3. The summed E-state index contributed by atoms with van der Waals surface area (Å²) in [6, 6.07) is 4.00. The highest BCUT2D eigenvalue weighted by Crippen LogP contribution is 2.27. The van der Waals surface area contributed by atoms with E-state index < -0.39 is 0 Å². The van der Waals surface area contributed by atoms with Gasteiger partial charge in [-0.25, -0.2) is 0 Å². The van der Waals surface area contributed by atoms with Crippen LogP contribution in [0.1, 0.15) is 29.9 Å². The van der Waals surface area contributed by atoms with Crippen molar-refractivity contribution < 1.29 is 0 Å². The molecule has 4 nitrogen and oxygen atoms in total. The number of aryl methyl sites for hydroxylation is 2. The second-order valence-electron chi connectivity index (χ2n) is 4.17. The predicted molar refractivity (Wildman–Crippen MR) is 72.8 cm³/mol. The Morgan fingerprint density at radius 2 is 2.28 bits per heavy atom. The Morgan fingerprint density at radius 1 is 1.50 bits per heavy atom. The van der Waals surface area contributed by atoms with E-state index >= 15 is 0 Å². The van der Waals surface area contributed by atoms with Gasteiger partial charge in [0.25, 0.3) is 0 Å². The SMILES string of the molecule is CCn1ncc(Cl)c1C(NC)c1cc(C)ccn1. The average molecular weight is 265 g/mol. The Bertz CT molecular complexity index is 536. The first-order chi connectivity index (χ1) is 8.67. The minimum Gasteiger partial charge on any atom is -0.307 e. The van der Waals surface area contributed by atoms with E-state index in [4.69, 9.17) is 11.6 Å². The Kier molecular flexibility index (Phi) is 3.99. The normalized spacial score (nSPS) is 12.7. The molecular formula is C13H17ClN4. The minimum absolute atomic E-state index is 0.0418. The lowest BCUT2D eigenvalue weighted by Gasteiger charge is -2.18. The van der Waals surface area contributed by atoms with Crippen LogP contribution in [0.2, 0.25) is 5.02 Å². The van der Waals surface area contributed by atoms with Gasteiger partial charge in [0.15, 0.2) is 0 Å². The van der Waals surface area contributed by atoms with E-state index in [2.05, 4.69) is 28.4 Å². The summed E-state index contributed by atoms with van der Waals surface area (Å²) in [7, 11) is 1.90. The molecule has 0 fully saturated rings. The molecule has 0 amide bonds. The number of nitrogens with one attached hydrogen (secondary N) is 1. The van der Waals surface area contributed by atoms with Gasteiger partial charge in [-0.05, 0) is 38.6 Å². The summed E-state index contributed by atoms with van der Waals surface area (Å²) in [5.41, 5.74) is 3.09. The highest BCUT2D eigenvalue weighted by atomic mass is 35.5. The summed E-state index contributed by atoms with van der Waals surface area (Å²) in [4.78, 5) is 4.42. The van der Waals surface area contributed by atoms with E-state index in [1.165, 1.54) is 5.56 Å². The van der Waals surface area contributed by atoms with Crippen LogP contribution >= 0.6 is 11.6 Å². The van der Waals surface area contributed by atoms with Crippen LogP contribution in [0.5, 0.6) is 0 Å². The number of hydrogen-bond donors (Lipinski definition) is 1. The van der Waals surface area contributed by atoms with Crippen molar-refractivity contribution in [2.45, 2.75) is 26.4 Å². The van der Waals surface area contributed by atoms with Crippen LogP contribution in [-0.4, -0.2) is 21.8 Å². The number of pyridine rings is 1. The monoisotopic (exact) mass is 264 g/mol. The zero-order valence-electron chi connectivity index (χ0n) is 10.8. The summed E-state index contributed by atoms with van der Waals surface area (Å²) in [5, 5.41) is 8.19. The molecule has 0 saturated carbocycles. The molecule has 1 atom stereocenters. The van der Waals surface area contributed by atoms with Crippen molar-refractivity contribution in [1.29, 1.82) is 0 Å². The molecular weight excluding hydrogens is 248 g/mol. The highest BCUT2D eigenvalue weighted by molar-refractivity contribution is 6.31. The molecule has 0 aliphatic carbocycles. The Balaban J connectivity index is 2.48. The van der Waals surface area contributed by atoms with E-state index in [-0.39, 0.29) is 6.04 Å². The highest BCUT2D eigenvalue weighted by Gasteiger charge is 2.21. The lowest BCUT2D eigenvalue weighted by molar-refractivity contribution is 0.556. The van der Waals surface area contributed by atoms with Crippen molar-refractivity contribution in [2.24, 2.45) is 0 Å². The lowest BCUT2D eigenvalue weighted by atomic mass is 10.1. The third kappa shape index (κ3) is 2.40. The van der Waals surface area contributed by atoms with Crippen LogP contribution in [0.3, 0.4) is 0 Å². The molecule has 0 aliphatic heterocycles. The van der Waals surface area contributed by atoms with Gasteiger partial charge in [-0.15, -0.1) is 0 Å².